The van der Waals surface area contributed by atoms with Gasteiger partial charge in [0, 0.05) is 45.5 Å². The van der Waals surface area contributed by atoms with Crippen LogP contribution in [0.5, 0.6) is 0 Å². The second-order valence-corrected chi connectivity index (χ2v) is 5.39. The molecule has 2 aliphatic heterocycles. The minimum absolute atomic E-state index is 0.751. The third-order valence-electron chi connectivity index (χ3n) is 4.05. The SMILES string of the molecule is O=CN1CCN(c2nccc(N3CCCCC3)n2)CC1. The summed E-state index contributed by atoms with van der Waals surface area (Å²) in [5.41, 5.74) is 0. The zero-order valence-corrected chi connectivity index (χ0v) is 11.7. The summed E-state index contributed by atoms with van der Waals surface area (Å²) >= 11 is 0. The highest BCUT2D eigenvalue weighted by Gasteiger charge is 2.19. The monoisotopic (exact) mass is 275 g/mol. The van der Waals surface area contributed by atoms with Crippen molar-refractivity contribution >= 4 is 18.2 Å². The van der Waals surface area contributed by atoms with E-state index in [0.29, 0.717) is 0 Å². The zero-order chi connectivity index (χ0) is 13.8. The number of piperazine rings is 1. The third-order valence-corrected chi connectivity index (χ3v) is 4.05. The van der Waals surface area contributed by atoms with Gasteiger partial charge in [0.1, 0.15) is 5.82 Å². The van der Waals surface area contributed by atoms with Crippen LogP contribution in [0.1, 0.15) is 19.3 Å². The van der Waals surface area contributed by atoms with Gasteiger partial charge in [-0.2, -0.15) is 4.98 Å². The first-order chi connectivity index (χ1) is 9.86. The highest BCUT2D eigenvalue weighted by molar-refractivity contribution is 5.49. The van der Waals surface area contributed by atoms with Gasteiger partial charge < -0.3 is 14.7 Å². The molecule has 2 aliphatic rings. The lowest BCUT2D eigenvalue weighted by Crippen LogP contribution is -2.46. The predicted molar refractivity (Wildman–Crippen MR) is 77.9 cm³/mol. The summed E-state index contributed by atoms with van der Waals surface area (Å²) < 4.78 is 0. The summed E-state index contributed by atoms with van der Waals surface area (Å²) in [7, 11) is 0. The highest BCUT2D eigenvalue weighted by atomic mass is 16.1. The number of rotatable bonds is 3. The van der Waals surface area contributed by atoms with E-state index in [0.717, 1.165) is 57.4 Å². The number of nitrogens with zero attached hydrogens (tertiary/aromatic N) is 5. The first-order valence-electron chi connectivity index (χ1n) is 7.39. The van der Waals surface area contributed by atoms with Gasteiger partial charge in [-0.25, -0.2) is 4.98 Å². The number of aromatic nitrogens is 2. The quantitative estimate of drug-likeness (QED) is 0.762. The van der Waals surface area contributed by atoms with Crippen molar-refractivity contribution in [2.75, 3.05) is 49.1 Å². The van der Waals surface area contributed by atoms with Gasteiger partial charge in [-0.3, -0.25) is 4.79 Å². The molecule has 0 unspecified atom stereocenters. The molecule has 0 N–H and O–H groups in total. The smallest absolute Gasteiger partial charge is 0.227 e. The standard InChI is InChI=1S/C14H21N5O/c20-12-17-8-10-19(11-9-17)14-15-5-4-13(16-14)18-6-2-1-3-7-18/h4-5,12H,1-3,6-11H2. The molecule has 2 fully saturated rings. The van der Waals surface area contributed by atoms with E-state index in [2.05, 4.69) is 14.8 Å². The topological polar surface area (TPSA) is 52.6 Å². The maximum atomic E-state index is 10.7. The van der Waals surface area contributed by atoms with Gasteiger partial charge in [0.15, 0.2) is 0 Å². The van der Waals surface area contributed by atoms with Crippen molar-refractivity contribution < 1.29 is 4.79 Å². The first-order valence-corrected chi connectivity index (χ1v) is 7.39. The molecule has 20 heavy (non-hydrogen) atoms. The van der Waals surface area contributed by atoms with E-state index in [1.54, 1.807) is 4.90 Å². The van der Waals surface area contributed by atoms with Gasteiger partial charge in [-0.1, -0.05) is 0 Å². The summed E-state index contributed by atoms with van der Waals surface area (Å²) in [5, 5.41) is 0. The molecule has 2 saturated heterocycles. The van der Waals surface area contributed by atoms with Crippen LogP contribution in [-0.4, -0.2) is 60.5 Å². The van der Waals surface area contributed by atoms with E-state index >= 15 is 0 Å². The Morgan fingerprint density at radius 2 is 1.70 bits per heavy atom. The van der Waals surface area contributed by atoms with Crippen molar-refractivity contribution in [3.8, 4) is 0 Å². The summed E-state index contributed by atoms with van der Waals surface area (Å²) in [5.74, 6) is 1.83. The molecule has 108 valence electrons. The number of anilines is 2. The molecule has 0 bridgehead atoms. The van der Waals surface area contributed by atoms with Gasteiger partial charge in [0.25, 0.3) is 0 Å². The van der Waals surface area contributed by atoms with Gasteiger partial charge in [0.05, 0.1) is 0 Å². The van der Waals surface area contributed by atoms with Crippen LogP contribution in [0.25, 0.3) is 0 Å². The van der Waals surface area contributed by atoms with E-state index in [-0.39, 0.29) is 0 Å². The van der Waals surface area contributed by atoms with Crippen LogP contribution in [0.15, 0.2) is 12.3 Å². The Morgan fingerprint density at radius 1 is 0.950 bits per heavy atom. The zero-order valence-electron chi connectivity index (χ0n) is 11.7. The molecule has 0 spiro atoms. The first kappa shape index (κ1) is 13.1. The van der Waals surface area contributed by atoms with Gasteiger partial charge in [-0.15, -0.1) is 0 Å². The lowest BCUT2D eigenvalue weighted by atomic mass is 10.1. The Balaban J connectivity index is 1.69. The highest BCUT2D eigenvalue weighted by Crippen LogP contribution is 2.19. The Morgan fingerprint density at radius 3 is 2.40 bits per heavy atom. The summed E-state index contributed by atoms with van der Waals surface area (Å²) in [6, 6.07) is 2.00. The van der Waals surface area contributed by atoms with Crippen LogP contribution < -0.4 is 9.80 Å². The summed E-state index contributed by atoms with van der Waals surface area (Å²) in [6.07, 6.45) is 6.58. The fourth-order valence-corrected chi connectivity index (χ4v) is 2.82. The number of carbonyl (C=O) groups is 1. The van der Waals surface area contributed by atoms with E-state index in [1.807, 2.05) is 12.3 Å². The molecule has 3 heterocycles. The fourth-order valence-electron chi connectivity index (χ4n) is 2.82. The third kappa shape index (κ3) is 2.84. The molecular weight excluding hydrogens is 254 g/mol. The largest absolute Gasteiger partial charge is 0.356 e. The summed E-state index contributed by atoms with van der Waals surface area (Å²) in [6.45, 7) is 5.30. The lowest BCUT2D eigenvalue weighted by Gasteiger charge is -2.33. The van der Waals surface area contributed by atoms with Crippen LogP contribution in [0.4, 0.5) is 11.8 Å². The molecule has 0 aromatic carbocycles. The maximum Gasteiger partial charge on any atom is 0.227 e. The number of amides is 1. The molecule has 6 nitrogen and oxygen atoms in total. The average molecular weight is 275 g/mol. The molecule has 1 amide bonds. The van der Waals surface area contributed by atoms with Crippen LogP contribution in [0.3, 0.4) is 0 Å². The molecule has 1 aromatic rings. The molecule has 3 rings (SSSR count). The van der Waals surface area contributed by atoms with Crippen molar-refractivity contribution in [3.05, 3.63) is 12.3 Å². The normalized spacial score (nSPS) is 20.1. The minimum Gasteiger partial charge on any atom is -0.356 e. The van der Waals surface area contributed by atoms with Crippen molar-refractivity contribution in [2.45, 2.75) is 19.3 Å². The molecule has 0 aliphatic carbocycles. The van der Waals surface area contributed by atoms with Gasteiger partial charge >= 0.3 is 0 Å². The molecule has 0 atom stereocenters. The molecular formula is C14H21N5O. The molecule has 1 aromatic heterocycles. The number of hydrogen-bond donors (Lipinski definition) is 0. The predicted octanol–water partition coefficient (Wildman–Crippen LogP) is 0.745. The maximum absolute atomic E-state index is 10.7. The number of piperidine rings is 1. The average Bonchev–Trinajstić information content (AvgIpc) is 2.56. The molecule has 0 radical (unpaired) electrons. The van der Waals surface area contributed by atoms with E-state index in [4.69, 9.17) is 4.98 Å². The van der Waals surface area contributed by atoms with E-state index in [9.17, 15) is 4.79 Å². The van der Waals surface area contributed by atoms with Crippen molar-refractivity contribution in [2.24, 2.45) is 0 Å². The molecule has 6 heteroatoms. The second-order valence-electron chi connectivity index (χ2n) is 5.39. The Hall–Kier alpha value is -1.85. The van der Waals surface area contributed by atoms with Crippen LogP contribution in [0.2, 0.25) is 0 Å². The minimum atomic E-state index is 0.751. The lowest BCUT2D eigenvalue weighted by molar-refractivity contribution is -0.118. The molecule has 0 saturated carbocycles. The van der Waals surface area contributed by atoms with Crippen molar-refractivity contribution in [3.63, 3.8) is 0 Å². The summed E-state index contributed by atoms with van der Waals surface area (Å²) in [4.78, 5) is 26.1. The Labute approximate surface area is 119 Å². The van der Waals surface area contributed by atoms with Gasteiger partial charge in [-0.05, 0) is 25.3 Å². The van der Waals surface area contributed by atoms with Crippen LogP contribution in [-0.2, 0) is 4.79 Å². The Bertz CT molecular complexity index is 453. The van der Waals surface area contributed by atoms with Gasteiger partial charge in [0.2, 0.25) is 12.4 Å². The second kappa shape index (κ2) is 6.07. The van der Waals surface area contributed by atoms with Crippen LogP contribution >= 0.6 is 0 Å². The van der Waals surface area contributed by atoms with E-state index < -0.39 is 0 Å². The van der Waals surface area contributed by atoms with Crippen molar-refractivity contribution in [1.29, 1.82) is 0 Å². The fraction of sp³-hybridized carbons (Fsp3) is 0.643. The Kier molecular flexibility index (Phi) is 3.99. The number of carbonyl (C=O) groups excluding carboxylic acids is 1. The van der Waals surface area contributed by atoms with E-state index in [1.165, 1.54) is 19.3 Å². The van der Waals surface area contributed by atoms with Crippen molar-refractivity contribution in [1.82, 2.24) is 14.9 Å². The number of hydrogen-bond acceptors (Lipinski definition) is 5. The van der Waals surface area contributed by atoms with Crippen LogP contribution in [0, 0.1) is 0 Å².